The molecule has 2 N–H and O–H groups in total. The first-order chi connectivity index (χ1) is 4.54. The van der Waals surface area contributed by atoms with E-state index in [0.717, 1.165) is 6.92 Å². The van der Waals surface area contributed by atoms with Crippen molar-refractivity contribution in [2.45, 2.75) is 19.4 Å². The van der Waals surface area contributed by atoms with Crippen molar-refractivity contribution in [1.82, 2.24) is 0 Å². The Hall–Kier alpha value is -0.710. The minimum atomic E-state index is -2.64. The molecule has 0 saturated carbocycles. The summed E-state index contributed by atoms with van der Waals surface area (Å²) in [4.78, 5) is 10.0. The fraction of sp³-hybridized carbons (Fsp3) is 0.800. The van der Waals surface area contributed by atoms with Gasteiger partial charge in [-0.3, -0.25) is 4.79 Å². The smallest absolute Gasteiger partial charge is 0.302 e. The molecule has 0 aromatic heterocycles. The number of carbonyl (C=O) groups excluding carboxylic acids is 1. The lowest BCUT2D eigenvalue weighted by atomic mass is 10.3. The fourth-order valence-electron chi connectivity index (χ4n) is 0.286. The standard InChI is InChI=1S/C5H9F2NO2/c1-3(9)10-2-4(8)5(6)7/h4-5H,2,8H2,1H3/t4-/m0/s1. The summed E-state index contributed by atoms with van der Waals surface area (Å²) in [5, 5.41) is 0. The van der Waals surface area contributed by atoms with Gasteiger partial charge < -0.3 is 10.5 Å². The molecule has 5 heteroatoms. The monoisotopic (exact) mass is 153 g/mol. The number of hydrogen-bond donors (Lipinski definition) is 1. The van der Waals surface area contributed by atoms with Crippen LogP contribution in [0.25, 0.3) is 0 Å². The third-order valence-electron chi connectivity index (χ3n) is 0.803. The summed E-state index contributed by atoms with van der Waals surface area (Å²) in [5.41, 5.74) is 4.84. The minimum Gasteiger partial charge on any atom is -0.464 e. The Morgan fingerprint density at radius 2 is 2.20 bits per heavy atom. The molecule has 10 heavy (non-hydrogen) atoms. The van der Waals surface area contributed by atoms with Crippen molar-refractivity contribution in [3.8, 4) is 0 Å². The van der Waals surface area contributed by atoms with Crippen LogP contribution < -0.4 is 5.73 Å². The molecule has 0 aliphatic rings. The van der Waals surface area contributed by atoms with Crippen LogP contribution in [0.2, 0.25) is 0 Å². The first kappa shape index (κ1) is 9.29. The van der Waals surface area contributed by atoms with Gasteiger partial charge in [0, 0.05) is 6.92 Å². The molecule has 0 aliphatic carbocycles. The van der Waals surface area contributed by atoms with E-state index in [-0.39, 0.29) is 0 Å². The van der Waals surface area contributed by atoms with E-state index in [1.807, 2.05) is 0 Å². The molecule has 0 amide bonds. The first-order valence-corrected chi connectivity index (χ1v) is 2.71. The molecule has 0 aromatic rings. The topological polar surface area (TPSA) is 52.3 Å². The van der Waals surface area contributed by atoms with E-state index in [9.17, 15) is 13.6 Å². The zero-order valence-electron chi connectivity index (χ0n) is 5.51. The zero-order chi connectivity index (χ0) is 8.15. The van der Waals surface area contributed by atoms with E-state index in [1.165, 1.54) is 0 Å². The quantitative estimate of drug-likeness (QED) is 0.587. The van der Waals surface area contributed by atoms with E-state index in [0.29, 0.717) is 0 Å². The van der Waals surface area contributed by atoms with Crippen LogP contribution in [0.15, 0.2) is 0 Å². The third kappa shape index (κ3) is 4.20. The highest BCUT2D eigenvalue weighted by Gasteiger charge is 2.15. The van der Waals surface area contributed by atoms with Gasteiger partial charge in [0.15, 0.2) is 0 Å². The molecule has 0 heterocycles. The van der Waals surface area contributed by atoms with Crippen LogP contribution in [-0.4, -0.2) is 25.0 Å². The van der Waals surface area contributed by atoms with Gasteiger partial charge >= 0.3 is 5.97 Å². The number of carbonyl (C=O) groups is 1. The normalized spacial score (nSPS) is 13.3. The van der Waals surface area contributed by atoms with E-state index in [4.69, 9.17) is 5.73 Å². The predicted octanol–water partition coefficient (Wildman–Crippen LogP) is 0.142. The minimum absolute atomic E-state index is 0.424. The van der Waals surface area contributed by atoms with E-state index < -0.39 is 25.0 Å². The SMILES string of the molecule is CC(=O)OC[C@H](N)C(F)F. The molecule has 60 valence electrons. The Morgan fingerprint density at radius 1 is 1.70 bits per heavy atom. The molecule has 3 nitrogen and oxygen atoms in total. The number of alkyl halides is 2. The Balaban J connectivity index is 3.39. The average Bonchev–Trinajstić information content (AvgIpc) is 1.82. The molecule has 0 bridgehead atoms. The molecule has 0 fully saturated rings. The summed E-state index contributed by atoms with van der Waals surface area (Å²) < 4.78 is 27.3. The number of halogens is 2. The molecule has 0 radical (unpaired) electrons. The lowest BCUT2D eigenvalue weighted by Gasteiger charge is -2.08. The van der Waals surface area contributed by atoms with Crippen molar-refractivity contribution in [1.29, 1.82) is 0 Å². The van der Waals surface area contributed by atoms with Crippen LogP contribution in [0.4, 0.5) is 8.78 Å². The van der Waals surface area contributed by atoms with Gasteiger partial charge in [-0.25, -0.2) is 8.78 Å². The van der Waals surface area contributed by atoms with Crippen LogP contribution in [0, 0.1) is 0 Å². The Kier molecular flexibility index (Phi) is 3.87. The molecule has 0 saturated heterocycles. The van der Waals surface area contributed by atoms with Crippen molar-refractivity contribution in [3.05, 3.63) is 0 Å². The molecule has 0 spiro atoms. The van der Waals surface area contributed by atoms with Crippen LogP contribution in [-0.2, 0) is 9.53 Å². The van der Waals surface area contributed by atoms with Gasteiger partial charge in [0.05, 0.1) is 0 Å². The van der Waals surface area contributed by atoms with E-state index in [2.05, 4.69) is 4.74 Å². The van der Waals surface area contributed by atoms with E-state index >= 15 is 0 Å². The van der Waals surface area contributed by atoms with Crippen molar-refractivity contribution in [2.75, 3.05) is 6.61 Å². The molecule has 0 rings (SSSR count). The van der Waals surface area contributed by atoms with Gasteiger partial charge in [0.2, 0.25) is 0 Å². The van der Waals surface area contributed by atoms with Gasteiger partial charge in [-0.05, 0) is 0 Å². The Morgan fingerprint density at radius 3 is 2.50 bits per heavy atom. The number of rotatable bonds is 3. The maximum absolute atomic E-state index is 11.6. The second-order valence-electron chi connectivity index (χ2n) is 1.80. The van der Waals surface area contributed by atoms with Gasteiger partial charge in [0.1, 0.15) is 12.6 Å². The third-order valence-corrected chi connectivity index (χ3v) is 0.803. The lowest BCUT2D eigenvalue weighted by molar-refractivity contribution is -0.142. The summed E-state index contributed by atoms with van der Waals surface area (Å²) in [7, 11) is 0. The molecular formula is C5H9F2NO2. The zero-order valence-corrected chi connectivity index (χ0v) is 5.51. The highest BCUT2D eigenvalue weighted by molar-refractivity contribution is 5.65. The predicted molar refractivity (Wildman–Crippen MR) is 30.6 cm³/mol. The Labute approximate surface area is 57.1 Å². The van der Waals surface area contributed by atoms with E-state index in [1.54, 1.807) is 0 Å². The first-order valence-electron chi connectivity index (χ1n) is 2.71. The number of esters is 1. The van der Waals surface area contributed by atoms with Crippen molar-refractivity contribution in [2.24, 2.45) is 5.73 Å². The molecule has 0 aromatic carbocycles. The molecule has 0 aliphatic heterocycles. The molecule has 1 atom stereocenters. The van der Waals surface area contributed by atoms with Crippen molar-refractivity contribution in [3.63, 3.8) is 0 Å². The van der Waals surface area contributed by atoms with Crippen LogP contribution in [0.1, 0.15) is 6.92 Å². The van der Waals surface area contributed by atoms with Crippen molar-refractivity contribution < 1.29 is 18.3 Å². The molecule has 0 unspecified atom stereocenters. The average molecular weight is 153 g/mol. The maximum atomic E-state index is 11.6. The van der Waals surface area contributed by atoms with Crippen molar-refractivity contribution >= 4 is 5.97 Å². The summed E-state index contributed by atoms with van der Waals surface area (Å²) in [6, 6.07) is -1.37. The van der Waals surface area contributed by atoms with Gasteiger partial charge in [-0.2, -0.15) is 0 Å². The molecular weight excluding hydrogens is 144 g/mol. The number of ether oxygens (including phenoxy) is 1. The van der Waals surface area contributed by atoms with Crippen LogP contribution >= 0.6 is 0 Å². The van der Waals surface area contributed by atoms with Gasteiger partial charge in [-0.1, -0.05) is 0 Å². The summed E-state index contributed by atoms with van der Waals surface area (Å²) >= 11 is 0. The summed E-state index contributed by atoms with van der Waals surface area (Å²) in [6.07, 6.45) is -2.64. The Bertz CT molecular complexity index is 118. The summed E-state index contributed by atoms with van der Waals surface area (Å²) in [6.45, 7) is 0.713. The second kappa shape index (κ2) is 4.16. The lowest BCUT2D eigenvalue weighted by Crippen LogP contribution is -2.34. The van der Waals surface area contributed by atoms with Crippen LogP contribution in [0.5, 0.6) is 0 Å². The van der Waals surface area contributed by atoms with Gasteiger partial charge in [-0.15, -0.1) is 0 Å². The fourth-order valence-corrected chi connectivity index (χ4v) is 0.286. The van der Waals surface area contributed by atoms with Crippen LogP contribution in [0.3, 0.4) is 0 Å². The number of hydrogen-bond acceptors (Lipinski definition) is 3. The number of nitrogens with two attached hydrogens (primary N) is 1. The van der Waals surface area contributed by atoms with Gasteiger partial charge in [0.25, 0.3) is 6.43 Å². The maximum Gasteiger partial charge on any atom is 0.302 e. The summed E-state index contributed by atoms with van der Waals surface area (Å²) in [5.74, 6) is -0.601. The second-order valence-corrected chi connectivity index (χ2v) is 1.80. The highest BCUT2D eigenvalue weighted by atomic mass is 19.3. The highest BCUT2D eigenvalue weighted by Crippen LogP contribution is 1.97. The largest absolute Gasteiger partial charge is 0.464 e.